The first-order valence-corrected chi connectivity index (χ1v) is 9.07. The molecule has 0 atom stereocenters. The molecule has 0 aliphatic carbocycles. The molecule has 0 radical (unpaired) electrons. The molecule has 2 N–H and O–H groups in total. The highest BCUT2D eigenvalue weighted by Crippen LogP contribution is 2.21. The van der Waals surface area contributed by atoms with Gasteiger partial charge in [0.1, 0.15) is 17.3 Å². The summed E-state index contributed by atoms with van der Waals surface area (Å²) >= 11 is 0. The SMILES string of the molecule is Cc1cc(Nc2cc(C(=O)Nc3ccc(C#N)cc3)nc(-c3ccccc3)n2)no1. The van der Waals surface area contributed by atoms with E-state index >= 15 is 0 Å². The summed E-state index contributed by atoms with van der Waals surface area (Å²) < 4.78 is 5.07. The Morgan fingerprint density at radius 3 is 2.43 bits per heavy atom. The van der Waals surface area contributed by atoms with Crippen molar-refractivity contribution in [3.05, 3.63) is 83.7 Å². The van der Waals surface area contributed by atoms with Gasteiger partial charge in [0.2, 0.25) is 0 Å². The molecule has 2 aromatic carbocycles. The molecule has 1 amide bonds. The smallest absolute Gasteiger partial charge is 0.274 e. The quantitative estimate of drug-likeness (QED) is 0.516. The molecule has 0 bridgehead atoms. The number of amides is 1. The van der Waals surface area contributed by atoms with E-state index in [2.05, 4.69) is 25.8 Å². The maximum Gasteiger partial charge on any atom is 0.274 e. The van der Waals surface area contributed by atoms with Crippen molar-refractivity contribution in [3.63, 3.8) is 0 Å². The summed E-state index contributed by atoms with van der Waals surface area (Å²) in [5, 5.41) is 18.6. The van der Waals surface area contributed by atoms with E-state index in [1.54, 1.807) is 37.3 Å². The van der Waals surface area contributed by atoms with Crippen LogP contribution in [-0.2, 0) is 0 Å². The molecule has 0 fully saturated rings. The van der Waals surface area contributed by atoms with Crippen LogP contribution in [0.2, 0.25) is 0 Å². The van der Waals surface area contributed by atoms with E-state index < -0.39 is 5.91 Å². The molecular weight excluding hydrogens is 380 g/mol. The predicted molar refractivity (Wildman–Crippen MR) is 111 cm³/mol. The number of benzene rings is 2. The minimum atomic E-state index is -0.404. The lowest BCUT2D eigenvalue weighted by atomic mass is 10.2. The van der Waals surface area contributed by atoms with Gasteiger partial charge in [-0.2, -0.15) is 5.26 Å². The van der Waals surface area contributed by atoms with Gasteiger partial charge in [-0.05, 0) is 31.2 Å². The standard InChI is InChI=1S/C22H16N6O2/c1-14-11-20(28-30-14)26-19-12-18(25-21(27-19)16-5-3-2-4-6-16)22(29)24-17-9-7-15(13-23)8-10-17/h2-12H,1H3,(H,24,29)(H,25,26,27,28). The van der Waals surface area contributed by atoms with Gasteiger partial charge in [0.15, 0.2) is 11.6 Å². The second-order valence-corrected chi connectivity index (χ2v) is 6.42. The normalized spacial score (nSPS) is 10.3. The second kappa shape index (κ2) is 8.24. The molecule has 30 heavy (non-hydrogen) atoms. The lowest BCUT2D eigenvalue weighted by Gasteiger charge is -2.09. The number of anilines is 3. The van der Waals surface area contributed by atoms with Crippen molar-refractivity contribution in [2.45, 2.75) is 6.92 Å². The third-order valence-electron chi connectivity index (χ3n) is 4.15. The first kappa shape index (κ1) is 18.8. The first-order valence-electron chi connectivity index (χ1n) is 9.07. The summed E-state index contributed by atoms with van der Waals surface area (Å²) in [5.74, 6) is 1.52. The summed E-state index contributed by atoms with van der Waals surface area (Å²) in [6, 6.07) is 21.2. The Morgan fingerprint density at radius 2 is 1.77 bits per heavy atom. The Kier molecular flexibility index (Phi) is 5.17. The molecule has 146 valence electrons. The van der Waals surface area contributed by atoms with Gasteiger partial charge in [0.25, 0.3) is 5.91 Å². The topological polar surface area (TPSA) is 117 Å². The number of hydrogen-bond acceptors (Lipinski definition) is 7. The fraction of sp³-hybridized carbons (Fsp3) is 0.0455. The van der Waals surface area contributed by atoms with Crippen molar-refractivity contribution in [1.82, 2.24) is 15.1 Å². The van der Waals surface area contributed by atoms with Crippen molar-refractivity contribution in [2.24, 2.45) is 0 Å². The van der Waals surface area contributed by atoms with E-state index in [0.29, 0.717) is 34.5 Å². The summed E-state index contributed by atoms with van der Waals surface area (Å²) in [7, 11) is 0. The molecule has 0 aliphatic heterocycles. The first-order chi connectivity index (χ1) is 14.6. The zero-order valence-corrected chi connectivity index (χ0v) is 16.0. The van der Waals surface area contributed by atoms with E-state index in [9.17, 15) is 4.79 Å². The molecule has 0 unspecified atom stereocenters. The predicted octanol–water partition coefficient (Wildman–Crippen LogP) is 4.31. The molecule has 2 heterocycles. The van der Waals surface area contributed by atoms with Crippen LogP contribution in [0.4, 0.5) is 17.3 Å². The summed E-state index contributed by atoms with van der Waals surface area (Å²) in [6.45, 7) is 1.78. The number of rotatable bonds is 5. The highest BCUT2D eigenvalue weighted by Gasteiger charge is 2.14. The van der Waals surface area contributed by atoms with Gasteiger partial charge < -0.3 is 15.2 Å². The van der Waals surface area contributed by atoms with Crippen LogP contribution in [0.25, 0.3) is 11.4 Å². The maximum absolute atomic E-state index is 12.8. The van der Waals surface area contributed by atoms with Crippen LogP contribution in [0, 0.1) is 18.3 Å². The van der Waals surface area contributed by atoms with Gasteiger partial charge >= 0.3 is 0 Å². The molecule has 0 spiro atoms. The third kappa shape index (κ3) is 4.31. The molecule has 0 saturated carbocycles. The van der Waals surface area contributed by atoms with Gasteiger partial charge in [-0.1, -0.05) is 35.5 Å². The third-order valence-corrected chi connectivity index (χ3v) is 4.15. The minimum absolute atomic E-state index is 0.177. The zero-order chi connectivity index (χ0) is 20.9. The minimum Gasteiger partial charge on any atom is -0.360 e. The molecule has 8 heteroatoms. The Hall–Kier alpha value is -4.51. The molecule has 4 rings (SSSR count). The van der Waals surface area contributed by atoms with E-state index in [4.69, 9.17) is 9.78 Å². The van der Waals surface area contributed by atoms with Crippen LogP contribution in [0.1, 0.15) is 21.8 Å². The number of nitriles is 1. The molecule has 2 aromatic heterocycles. The van der Waals surface area contributed by atoms with Crippen molar-refractivity contribution in [3.8, 4) is 17.5 Å². The summed E-state index contributed by atoms with van der Waals surface area (Å²) in [6.07, 6.45) is 0. The number of nitrogens with zero attached hydrogens (tertiary/aromatic N) is 4. The number of carbonyl (C=O) groups excluding carboxylic acids is 1. The van der Waals surface area contributed by atoms with Crippen LogP contribution < -0.4 is 10.6 Å². The largest absolute Gasteiger partial charge is 0.360 e. The molecule has 4 aromatic rings. The molecule has 8 nitrogen and oxygen atoms in total. The molecular formula is C22H16N6O2. The fourth-order valence-corrected chi connectivity index (χ4v) is 2.72. The van der Waals surface area contributed by atoms with E-state index in [0.717, 1.165) is 5.56 Å². The average Bonchev–Trinajstić information content (AvgIpc) is 3.19. The van der Waals surface area contributed by atoms with Gasteiger partial charge in [0.05, 0.1) is 11.6 Å². The van der Waals surface area contributed by atoms with Crippen molar-refractivity contribution >= 4 is 23.2 Å². The lowest BCUT2D eigenvalue weighted by Crippen LogP contribution is -2.15. The van der Waals surface area contributed by atoms with Crippen LogP contribution in [-0.4, -0.2) is 21.0 Å². The Bertz CT molecular complexity index is 1230. The number of carbonyl (C=O) groups is 1. The Balaban J connectivity index is 1.67. The number of aryl methyl sites for hydroxylation is 1. The highest BCUT2D eigenvalue weighted by molar-refractivity contribution is 6.03. The van der Waals surface area contributed by atoms with Crippen molar-refractivity contribution < 1.29 is 9.32 Å². The number of hydrogen-bond donors (Lipinski definition) is 2. The van der Waals surface area contributed by atoms with Gasteiger partial charge in [-0.25, -0.2) is 9.97 Å². The Labute approximate surface area is 172 Å². The van der Waals surface area contributed by atoms with Crippen LogP contribution in [0.5, 0.6) is 0 Å². The number of aromatic nitrogens is 3. The van der Waals surface area contributed by atoms with Gasteiger partial charge in [-0.15, -0.1) is 0 Å². The van der Waals surface area contributed by atoms with Crippen LogP contribution in [0.3, 0.4) is 0 Å². The van der Waals surface area contributed by atoms with E-state index in [1.165, 1.54) is 6.07 Å². The van der Waals surface area contributed by atoms with Crippen LogP contribution >= 0.6 is 0 Å². The maximum atomic E-state index is 12.8. The van der Waals surface area contributed by atoms with Crippen molar-refractivity contribution in [2.75, 3.05) is 10.6 Å². The molecule has 0 aliphatic rings. The van der Waals surface area contributed by atoms with E-state index in [1.807, 2.05) is 36.4 Å². The van der Waals surface area contributed by atoms with Crippen LogP contribution in [0.15, 0.2) is 71.3 Å². The van der Waals surface area contributed by atoms with Gasteiger partial charge in [-0.3, -0.25) is 4.79 Å². The Morgan fingerprint density at radius 1 is 1.00 bits per heavy atom. The summed E-state index contributed by atoms with van der Waals surface area (Å²) in [5.41, 5.74) is 2.01. The average molecular weight is 396 g/mol. The zero-order valence-electron chi connectivity index (χ0n) is 16.0. The van der Waals surface area contributed by atoms with Gasteiger partial charge in [0, 0.05) is 23.4 Å². The number of nitrogens with one attached hydrogen (secondary N) is 2. The second-order valence-electron chi connectivity index (χ2n) is 6.42. The summed E-state index contributed by atoms with van der Waals surface area (Å²) in [4.78, 5) is 21.8. The monoisotopic (exact) mass is 396 g/mol. The van der Waals surface area contributed by atoms with Crippen molar-refractivity contribution in [1.29, 1.82) is 5.26 Å². The fourth-order valence-electron chi connectivity index (χ4n) is 2.72. The molecule has 0 saturated heterocycles. The van der Waals surface area contributed by atoms with E-state index in [-0.39, 0.29) is 5.69 Å². The lowest BCUT2D eigenvalue weighted by molar-refractivity contribution is 0.102. The highest BCUT2D eigenvalue weighted by atomic mass is 16.5.